The molecular formula is C14H16N2O3S3. The van der Waals surface area contributed by atoms with Crippen molar-refractivity contribution in [1.29, 1.82) is 0 Å². The van der Waals surface area contributed by atoms with Crippen LogP contribution < -0.4 is 0 Å². The van der Waals surface area contributed by atoms with Crippen molar-refractivity contribution in [3.63, 3.8) is 0 Å². The van der Waals surface area contributed by atoms with Gasteiger partial charge < -0.3 is 4.90 Å². The van der Waals surface area contributed by atoms with Crippen LogP contribution in [0, 0.1) is 0 Å². The molecule has 8 heteroatoms. The maximum Gasteiger partial charge on any atom is 0.273 e. The fourth-order valence-electron chi connectivity index (χ4n) is 2.63. The molecule has 22 heavy (non-hydrogen) atoms. The minimum absolute atomic E-state index is 0.0636. The molecule has 118 valence electrons. The van der Waals surface area contributed by atoms with Crippen LogP contribution in [-0.4, -0.2) is 48.3 Å². The van der Waals surface area contributed by atoms with Gasteiger partial charge >= 0.3 is 0 Å². The van der Waals surface area contributed by atoms with E-state index in [1.807, 2.05) is 23.8 Å². The molecule has 1 fully saturated rings. The van der Waals surface area contributed by atoms with E-state index < -0.39 is 9.84 Å². The van der Waals surface area contributed by atoms with E-state index in [-0.39, 0.29) is 23.5 Å². The van der Waals surface area contributed by atoms with E-state index in [0.29, 0.717) is 18.7 Å². The number of nitrogens with zero attached hydrogens (tertiary/aromatic N) is 2. The van der Waals surface area contributed by atoms with Gasteiger partial charge in [-0.25, -0.2) is 13.4 Å². The number of hydrogen-bond donors (Lipinski definition) is 0. The molecule has 1 aliphatic heterocycles. The molecule has 5 nitrogen and oxygen atoms in total. The van der Waals surface area contributed by atoms with E-state index in [2.05, 4.69) is 4.98 Å². The zero-order chi connectivity index (χ0) is 15.7. The molecule has 1 unspecified atom stereocenters. The highest BCUT2D eigenvalue weighted by Crippen LogP contribution is 2.27. The Labute approximate surface area is 137 Å². The number of thiazole rings is 1. The molecule has 0 aromatic carbocycles. The van der Waals surface area contributed by atoms with E-state index in [0.717, 1.165) is 10.6 Å². The summed E-state index contributed by atoms with van der Waals surface area (Å²) in [7, 11) is -3.01. The molecule has 1 aliphatic rings. The largest absolute Gasteiger partial charge is 0.334 e. The lowest BCUT2D eigenvalue weighted by molar-refractivity contribution is 0.0703. The van der Waals surface area contributed by atoms with E-state index in [1.54, 1.807) is 21.6 Å². The molecule has 0 radical (unpaired) electrons. The predicted octanol–water partition coefficient (Wildman–Crippen LogP) is 2.52. The highest BCUT2D eigenvalue weighted by Gasteiger charge is 2.34. The SMILES string of the molecule is CCN(C(=O)c1csc(-c2ccsc2)n1)C1CCS(=O)(=O)C1. The summed E-state index contributed by atoms with van der Waals surface area (Å²) in [6, 6.07) is 1.74. The van der Waals surface area contributed by atoms with Crippen LogP contribution in [-0.2, 0) is 9.84 Å². The van der Waals surface area contributed by atoms with Gasteiger partial charge in [0.15, 0.2) is 9.84 Å². The van der Waals surface area contributed by atoms with Gasteiger partial charge in [0.25, 0.3) is 5.91 Å². The summed E-state index contributed by atoms with van der Waals surface area (Å²) in [6.45, 7) is 2.36. The van der Waals surface area contributed by atoms with Crippen LogP contribution in [0.3, 0.4) is 0 Å². The van der Waals surface area contributed by atoms with E-state index in [1.165, 1.54) is 11.3 Å². The summed E-state index contributed by atoms with van der Waals surface area (Å²) >= 11 is 3.02. The Morgan fingerprint density at radius 2 is 2.27 bits per heavy atom. The molecule has 0 N–H and O–H groups in total. The highest BCUT2D eigenvalue weighted by atomic mass is 32.2. The number of hydrogen-bond acceptors (Lipinski definition) is 6. The van der Waals surface area contributed by atoms with Crippen molar-refractivity contribution in [3.8, 4) is 10.6 Å². The Morgan fingerprint density at radius 3 is 2.86 bits per heavy atom. The van der Waals surface area contributed by atoms with Crippen LogP contribution in [0.1, 0.15) is 23.8 Å². The smallest absolute Gasteiger partial charge is 0.273 e. The van der Waals surface area contributed by atoms with Crippen molar-refractivity contribution >= 4 is 38.4 Å². The quantitative estimate of drug-likeness (QED) is 0.844. The molecule has 1 amide bonds. The van der Waals surface area contributed by atoms with Crippen LogP contribution in [0.5, 0.6) is 0 Å². The van der Waals surface area contributed by atoms with Crippen molar-refractivity contribution in [3.05, 3.63) is 27.9 Å². The first kappa shape index (κ1) is 15.6. The number of carbonyl (C=O) groups excluding carboxylic acids is 1. The molecule has 1 atom stereocenters. The summed E-state index contributed by atoms with van der Waals surface area (Å²) in [6.07, 6.45) is 0.517. The first-order valence-corrected chi connectivity index (χ1v) is 10.6. The Morgan fingerprint density at radius 1 is 1.45 bits per heavy atom. The van der Waals surface area contributed by atoms with Gasteiger partial charge in [0, 0.05) is 28.9 Å². The minimum Gasteiger partial charge on any atom is -0.334 e. The number of aromatic nitrogens is 1. The third kappa shape index (κ3) is 3.09. The molecule has 0 saturated carbocycles. The molecule has 0 aliphatic carbocycles. The maximum absolute atomic E-state index is 12.6. The summed E-state index contributed by atoms with van der Waals surface area (Å²) < 4.78 is 23.3. The van der Waals surface area contributed by atoms with Gasteiger partial charge in [0.1, 0.15) is 10.7 Å². The van der Waals surface area contributed by atoms with Crippen molar-refractivity contribution in [1.82, 2.24) is 9.88 Å². The number of thiophene rings is 1. The first-order valence-electron chi connectivity index (χ1n) is 6.99. The predicted molar refractivity (Wildman–Crippen MR) is 89.2 cm³/mol. The Bertz CT molecular complexity index is 765. The van der Waals surface area contributed by atoms with Gasteiger partial charge in [0.2, 0.25) is 0 Å². The summed E-state index contributed by atoms with van der Waals surface area (Å²) in [4.78, 5) is 18.7. The second-order valence-corrected chi connectivity index (χ2v) is 9.06. The van der Waals surface area contributed by atoms with Crippen molar-refractivity contribution in [2.45, 2.75) is 19.4 Å². The van der Waals surface area contributed by atoms with Crippen molar-refractivity contribution in [2.24, 2.45) is 0 Å². The van der Waals surface area contributed by atoms with Crippen LogP contribution in [0.15, 0.2) is 22.2 Å². The number of rotatable bonds is 4. The average molecular weight is 356 g/mol. The molecule has 2 aromatic heterocycles. The second-order valence-electron chi connectivity index (χ2n) is 5.20. The van der Waals surface area contributed by atoms with Crippen LogP contribution >= 0.6 is 22.7 Å². The lowest BCUT2D eigenvalue weighted by atomic mass is 10.2. The minimum atomic E-state index is -3.01. The van der Waals surface area contributed by atoms with Gasteiger partial charge in [-0.2, -0.15) is 11.3 Å². The molecule has 2 aromatic rings. The fraction of sp³-hybridized carbons (Fsp3) is 0.429. The third-order valence-electron chi connectivity index (χ3n) is 3.74. The third-order valence-corrected chi connectivity index (χ3v) is 7.07. The highest BCUT2D eigenvalue weighted by molar-refractivity contribution is 7.91. The van der Waals surface area contributed by atoms with Gasteiger partial charge in [-0.15, -0.1) is 11.3 Å². The summed E-state index contributed by atoms with van der Waals surface area (Å²) in [5.41, 5.74) is 1.41. The van der Waals surface area contributed by atoms with Gasteiger partial charge in [-0.3, -0.25) is 4.79 Å². The number of amides is 1. The molecule has 1 saturated heterocycles. The molecule has 3 rings (SSSR count). The van der Waals surface area contributed by atoms with Crippen LogP contribution in [0.25, 0.3) is 10.6 Å². The lowest BCUT2D eigenvalue weighted by Gasteiger charge is -2.25. The topological polar surface area (TPSA) is 67.3 Å². The average Bonchev–Trinajstić information content (AvgIpc) is 3.18. The zero-order valence-electron chi connectivity index (χ0n) is 12.1. The summed E-state index contributed by atoms with van der Waals surface area (Å²) in [5, 5.41) is 6.54. The zero-order valence-corrected chi connectivity index (χ0v) is 14.5. The van der Waals surface area contributed by atoms with Gasteiger partial charge in [0.05, 0.1) is 11.5 Å². The monoisotopic (exact) mass is 356 g/mol. The standard InChI is InChI=1S/C14H16N2O3S3/c1-2-16(11-4-6-22(18,19)9-11)14(17)12-8-21-13(15-12)10-3-5-20-7-10/h3,5,7-8,11H,2,4,6,9H2,1H3. The Balaban J connectivity index is 1.80. The molecule has 0 spiro atoms. The normalized spacial score (nSPS) is 20.1. The Kier molecular flexibility index (Phi) is 4.33. The lowest BCUT2D eigenvalue weighted by Crippen LogP contribution is -2.41. The van der Waals surface area contributed by atoms with E-state index in [9.17, 15) is 13.2 Å². The van der Waals surface area contributed by atoms with Crippen molar-refractivity contribution in [2.75, 3.05) is 18.1 Å². The van der Waals surface area contributed by atoms with Gasteiger partial charge in [-0.05, 0) is 24.8 Å². The van der Waals surface area contributed by atoms with Gasteiger partial charge in [-0.1, -0.05) is 0 Å². The molecule has 0 bridgehead atoms. The number of sulfone groups is 1. The fourth-order valence-corrected chi connectivity index (χ4v) is 5.86. The molecule has 3 heterocycles. The number of carbonyl (C=O) groups is 1. The van der Waals surface area contributed by atoms with Crippen molar-refractivity contribution < 1.29 is 13.2 Å². The Hall–Kier alpha value is -1.25. The van der Waals surface area contributed by atoms with E-state index >= 15 is 0 Å². The molecular weight excluding hydrogens is 340 g/mol. The van der Waals surface area contributed by atoms with Crippen LogP contribution in [0.2, 0.25) is 0 Å². The first-order chi connectivity index (χ1) is 10.5. The maximum atomic E-state index is 12.6. The summed E-state index contributed by atoms with van der Waals surface area (Å²) in [5.74, 6) is 0.0505. The van der Waals surface area contributed by atoms with E-state index in [4.69, 9.17) is 0 Å². The van der Waals surface area contributed by atoms with Crippen LogP contribution in [0.4, 0.5) is 0 Å². The second kappa shape index (κ2) is 6.10.